The number of benzene rings is 2. The third-order valence-corrected chi connectivity index (χ3v) is 5.27. The summed E-state index contributed by atoms with van der Waals surface area (Å²) >= 11 is 1.47. The number of ether oxygens (including phenoxy) is 1. The number of amides is 2. The number of esters is 1. The van der Waals surface area contributed by atoms with E-state index >= 15 is 0 Å². The maximum atomic E-state index is 13.5. The van der Waals surface area contributed by atoms with Crippen LogP contribution in [0, 0.1) is 0 Å². The first kappa shape index (κ1) is 21.3. The number of pyridine rings is 1. The number of thioether (sulfide) groups is 1. The van der Waals surface area contributed by atoms with Crippen molar-refractivity contribution in [3.8, 4) is 5.75 Å². The molecule has 0 aliphatic carbocycles. The number of hydrogen-bond donors (Lipinski definition) is 0. The minimum atomic E-state index is -0.859. The van der Waals surface area contributed by atoms with Gasteiger partial charge in [-0.2, -0.15) is 0 Å². The summed E-state index contributed by atoms with van der Waals surface area (Å²) in [5, 5.41) is 0.430. The van der Waals surface area contributed by atoms with Crippen molar-refractivity contribution in [2.24, 2.45) is 7.05 Å². The van der Waals surface area contributed by atoms with Gasteiger partial charge in [-0.15, -0.1) is 11.8 Å². The van der Waals surface area contributed by atoms with Gasteiger partial charge >= 0.3 is 5.97 Å². The van der Waals surface area contributed by atoms with Crippen molar-refractivity contribution in [3.05, 3.63) is 64.4 Å². The average molecular weight is 424 g/mol. The predicted octanol–water partition coefficient (Wildman–Crippen LogP) is 3.38. The van der Waals surface area contributed by atoms with E-state index in [-0.39, 0.29) is 11.3 Å². The van der Waals surface area contributed by atoms with Gasteiger partial charge < -0.3 is 9.30 Å². The van der Waals surface area contributed by atoms with Gasteiger partial charge in [-0.25, -0.2) is 4.90 Å². The Bertz CT molecular complexity index is 1220. The number of para-hydroxylation sites is 1. The molecule has 30 heavy (non-hydrogen) atoms. The summed E-state index contributed by atoms with van der Waals surface area (Å²) in [5.74, 6) is -2.26. The highest BCUT2D eigenvalue weighted by Gasteiger charge is 2.30. The number of nitrogens with zero attached hydrogens (tertiary/aromatic N) is 2. The molecule has 0 N–H and O–H groups in total. The van der Waals surface area contributed by atoms with E-state index in [0.717, 1.165) is 9.80 Å². The van der Waals surface area contributed by atoms with E-state index in [1.807, 2.05) is 12.3 Å². The van der Waals surface area contributed by atoms with Crippen LogP contribution in [0.25, 0.3) is 10.9 Å². The quantitative estimate of drug-likeness (QED) is 0.472. The molecule has 0 bridgehead atoms. The Morgan fingerprint density at radius 2 is 1.70 bits per heavy atom. The van der Waals surface area contributed by atoms with Crippen molar-refractivity contribution < 1.29 is 19.1 Å². The normalized spacial score (nSPS) is 10.7. The first-order chi connectivity index (χ1) is 14.3. The van der Waals surface area contributed by atoms with E-state index in [9.17, 15) is 19.2 Å². The number of aromatic nitrogens is 1. The third-order valence-electron chi connectivity index (χ3n) is 4.55. The fraction of sp³-hybridized carbons (Fsp3) is 0.182. The van der Waals surface area contributed by atoms with E-state index in [2.05, 4.69) is 0 Å². The summed E-state index contributed by atoms with van der Waals surface area (Å²) in [6, 6.07) is 13.6. The molecule has 1 heterocycles. The van der Waals surface area contributed by atoms with Gasteiger partial charge in [-0.1, -0.05) is 18.2 Å². The molecule has 3 rings (SSSR count). The van der Waals surface area contributed by atoms with Gasteiger partial charge in [-0.3, -0.25) is 19.2 Å². The van der Waals surface area contributed by atoms with Gasteiger partial charge in [0.1, 0.15) is 5.56 Å². The molecule has 7 nitrogen and oxygen atoms in total. The van der Waals surface area contributed by atoms with Crippen LogP contribution in [-0.4, -0.2) is 28.6 Å². The highest BCUT2D eigenvalue weighted by Crippen LogP contribution is 2.32. The fourth-order valence-electron chi connectivity index (χ4n) is 3.19. The Morgan fingerprint density at radius 3 is 2.27 bits per heavy atom. The molecule has 0 unspecified atom stereocenters. The van der Waals surface area contributed by atoms with E-state index in [1.54, 1.807) is 42.5 Å². The SMILES string of the molecule is CSc1ccc2c(c1)c(OC(C)=O)c(C(=O)N(C(C)=O)c1ccccc1)c(=O)n2C. The first-order valence-corrected chi connectivity index (χ1v) is 10.3. The summed E-state index contributed by atoms with van der Waals surface area (Å²) in [6.07, 6.45) is 1.88. The molecule has 0 atom stereocenters. The zero-order valence-electron chi connectivity index (χ0n) is 17.0. The van der Waals surface area contributed by atoms with Gasteiger partial charge in [-0.05, 0) is 36.6 Å². The molecule has 0 spiro atoms. The van der Waals surface area contributed by atoms with Crippen molar-refractivity contribution in [3.63, 3.8) is 0 Å². The molecule has 8 heteroatoms. The molecule has 154 valence electrons. The van der Waals surface area contributed by atoms with Crippen molar-refractivity contribution in [2.75, 3.05) is 11.2 Å². The lowest BCUT2D eigenvalue weighted by Gasteiger charge is -2.21. The summed E-state index contributed by atoms with van der Waals surface area (Å²) < 4.78 is 6.67. The summed E-state index contributed by atoms with van der Waals surface area (Å²) in [5.41, 5.74) is -0.233. The number of carbonyl (C=O) groups excluding carboxylic acids is 3. The molecule has 0 saturated heterocycles. The number of fused-ring (bicyclic) bond motifs is 1. The average Bonchev–Trinajstić information content (AvgIpc) is 2.71. The van der Waals surface area contributed by atoms with Crippen LogP contribution < -0.4 is 15.2 Å². The minimum absolute atomic E-state index is 0.149. The lowest BCUT2D eigenvalue weighted by molar-refractivity contribution is -0.131. The van der Waals surface area contributed by atoms with E-state index < -0.39 is 23.3 Å². The standard InChI is InChI=1S/C22H20N2O5S/c1-13(25)24(15-8-6-5-7-9-15)22(28)19-20(29-14(2)26)17-12-16(30-4)10-11-18(17)23(3)21(19)27/h5-12H,1-4H3. The summed E-state index contributed by atoms with van der Waals surface area (Å²) in [4.78, 5) is 52.5. The number of rotatable bonds is 4. The van der Waals surface area contributed by atoms with Gasteiger partial charge in [0.15, 0.2) is 5.75 Å². The fourth-order valence-corrected chi connectivity index (χ4v) is 3.63. The second-order valence-corrected chi connectivity index (χ2v) is 7.42. The van der Waals surface area contributed by atoms with Crippen LogP contribution in [0.1, 0.15) is 24.2 Å². The molecule has 3 aromatic rings. The van der Waals surface area contributed by atoms with Crippen LogP contribution in [0.5, 0.6) is 5.75 Å². The van der Waals surface area contributed by atoms with E-state index in [0.29, 0.717) is 16.6 Å². The first-order valence-electron chi connectivity index (χ1n) is 9.05. The number of anilines is 1. The second-order valence-electron chi connectivity index (χ2n) is 6.54. The largest absolute Gasteiger partial charge is 0.425 e. The molecular weight excluding hydrogens is 404 g/mol. The molecule has 0 aliphatic rings. The van der Waals surface area contributed by atoms with Crippen LogP contribution in [0.4, 0.5) is 5.69 Å². The van der Waals surface area contributed by atoms with Crippen molar-refractivity contribution in [1.82, 2.24) is 4.57 Å². The highest BCUT2D eigenvalue weighted by atomic mass is 32.2. The zero-order valence-corrected chi connectivity index (χ0v) is 17.8. The van der Waals surface area contributed by atoms with Gasteiger partial charge in [0.2, 0.25) is 5.91 Å². The maximum absolute atomic E-state index is 13.5. The molecule has 1 aromatic heterocycles. The lowest BCUT2D eigenvalue weighted by Crippen LogP contribution is -2.40. The second kappa shape index (κ2) is 8.54. The topological polar surface area (TPSA) is 85.7 Å². The van der Waals surface area contributed by atoms with E-state index in [1.165, 1.54) is 37.2 Å². The van der Waals surface area contributed by atoms with Crippen LogP contribution in [0.15, 0.2) is 58.2 Å². The van der Waals surface area contributed by atoms with Crippen LogP contribution >= 0.6 is 11.8 Å². The number of carbonyl (C=O) groups is 3. The Hall–Kier alpha value is -3.39. The molecule has 0 fully saturated rings. The zero-order chi connectivity index (χ0) is 22.0. The molecule has 2 amide bonds. The Labute approximate surface area is 177 Å². The van der Waals surface area contributed by atoms with Gasteiger partial charge in [0.25, 0.3) is 11.5 Å². The minimum Gasteiger partial charge on any atom is -0.425 e. The molecule has 0 radical (unpaired) electrons. The van der Waals surface area contributed by atoms with Crippen LogP contribution in [-0.2, 0) is 16.6 Å². The van der Waals surface area contributed by atoms with E-state index in [4.69, 9.17) is 4.74 Å². The number of imide groups is 1. The Morgan fingerprint density at radius 1 is 1.03 bits per heavy atom. The van der Waals surface area contributed by atoms with Gasteiger partial charge in [0, 0.05) is 31.2 Å². The number of hydrogen-bond acceptors (Lipinski definition) is 6. The lowest BCUT2D eigenvalue weighted by atomic mass is 10.1. The summed E-state index contributed by atoms with van der Waals surface area (Å²) in [7, 11) is 1.53. The Balaban J connectivity index is 2.37. The van der Waals surface area contributed by atoms with Crippen molar-refractivity contribution >= 4 is 46.1 Å². The van der Waals surface area contributed by atoms with Crippen LogP contribution in [0.3, 0.4) is 0 Å². The molecule has 0 saturated carbocycles. The third kappa shape index (κ3) is 3.86. The van der Waals surface area contributed by atoms with Crippen molar-refractivity contribution in [1.29, 1.82) is 0 Å². The summed E-state index contributed by atoms with van der Waals surface area (Å²) in [6.45, 7) is 2.42. The molecule has 0 aliphatic heterocycles. The van der Waals surface area contributed by atoms with Gasteiger partial charge in [0.05, 0.1) is 11.2 Å². The smallest absolute Gasteiger partial charge is 0.308 e. The van der Waals surface area contributed by atoms with Crippen LogP contribution in [0.2, 0.25) is 0 Å². The molecular formula is C22H20N2O5S. The number of aryl methyl sites for hydroxylation is 1. The predicted molar refractivity (Wildman–Crippen MR) is 116 cm³/mol. The van der Waals surface area contributed by atoms with Crippen molar-refractivity contribution in [2.45, 2.75) is 18.7 Å². The highest BCUT2D eigenvalue weighted by molar-refractivity contribution is 7.98. The maximum Gasteiger partial charge on any atom is 0.308 e. The monoisotopic (exact) mass is 424 g/mol. The molecule has 2 aromatic carbocycles. The Kier molecular flexibility index (Phi) is 6.07.